The molecule has 0 fully saturated rings. The molecular weight excluding hydrogens is 774 g/mol. The van der Waals surface area contributed by atoms with E-state index >= 15 is 0 Å². The molecule has 0 bridgehead atoms. The average Bonchev–Trinajstić information content (AvgIpc) is 3.24. The number of ether oxygens (including phenoxy) is 2. The smallest absolute Gasteiger partial charge is 0.462 e. The third-order valence-corrected chi connectivity index (χ3v) is 10.5. The molecule has 2 unspecified atom stereocenters. The predicted octanol–water partition coefficient (Wildman–Crippen LogP) is 14.0. The van der Waals surface area contributed by atoms with E-state index in [0.29, 0.717) is 12.8 Å². The van der Waals surface area contributed by atoms with Crippen LogP contribution in [0.3, 0.4) is 0 Å². The lowest BCUT2D eigenvalue weighted by Gasteiger charge is -2.19. The molecule has 0 radical (unpaired) electrons. The van der Waals surface area contributed by atoms with E-state index in [4.69, 9.17) is 24.3 Å². The Morgan fingerprint density at radius 2 is 0.917 bits per heavy atom. The van der Waals surface area contributed by atoms with Crippen LogP contribution in [0, 0.1) is 0 Å². The standard InChI is InChI=1S/C50H86NO8P/c1-3-5-7-9-11-13-15-17-19-21-22-23-24-25-26-27-29-31-33-35-37-39-41-43-50(53)59-48(47-58-60(54,55)57-45-44-51)46-56-49(52)42-40-38-36-34-32-30-28-20-18-16-14-12-10-8-6-4-2/h5,7,11,13,17,19,22-23,25-26,29,31,35,37,48H,3-4,6,8-10,12,14-16,18,20-21,24,27-28,30,32-34,36,38-47,51H2,1-2H3,(H,54,55)/b7-5-,13-11-,19-17-,23-22-,26-25-,31-29-,37-35-. The van der Waals surface area contributed by atoms with Gasteiger partial charge in [0.2, 0.25) is 0 Å². The lowest BCUT2D eigenvalue weighted by Crippen LogP contribution is -2.29. The zero-order valence-corrected chi connectivity index (χ0v) is 38.8. The third-order valence-electron chi connectivity index (χ3n) is 9.55. The maximum absolute atomic E-state index is 12.6. The van der Waals surface area contributed by atoms with Gasteiger partial charge in [0.15, 0.2) is 6.10 Å². The lowest BCUT2D eigenvalue weighted by molar-refractivity contribution is -0.161. The first-order valence-corrected chi connectivity index (χ1v) is 25.1. The molecule has 0 aromatic carbocycles. The van der Waals surface area contributed by atoms with Crippen LogP contribution < -0.4 is 5.73 Å². The Labute approximate surface area is 366 Å². The van der Waals surface area contributed by atoms with Crippen molar-refractivity contribution in [3.63, 3.8) is 0 Å². The van der Waals surface area contributed by atoms with E-state index in [9.17, 15) is 19.0 Å². The predicted molar refractivity (Wildman–Crippen MR) is 252 cm³/mol. The Morgan fingerprint density at radius 1 is 0.517 bits per heavy atom. The summed E-state index contributed by atoms with van der Waals surface area (Å²) in [5.74, 6) is -0.900. The maximum Gasteiger partial charge on any atom is 0.472 e. The highest BCUT2D eigenvalue weighted by molar-refractivity contribution is 7.47. The number of rotatable bonds is 43. The normalized spacial score (nSPS) is 14.0. The Hall–Kier alpha value is -2.81. The molecule has 0 aromatic rings. The Balaban J connectivity index is 4.23. The minimum Gasteiger partial charge on any atom is -0.462 e. The van der Waals surface area contributed by atoms with Crippen molar-refractivity contribution in [3.05, 3.63) is 85.1 Å². The second-order valence-electron chi connectivity index (χ2n) is 15.2. The molecule has 0 saturated heterocycles. The van der Waals surface area contributed by atoms with Crippen molar-refractivity contribution in [3.8, 4) is 0 Å². The summed E-state index contributed by atoms with van der Waals surface area (Å²) in [4.78, 5) is 34.9. The molecule has 0 amide bonds. The van der Waals surface area contributed by atoms with Gasteiger partial charge in [-0.1, -0.05) is 195 Å². The van der Waals surface area contributed by atoms with E-state index in [2.05, 4.69) is 92.8 Å². The molecular formula is C50H86NO8P. The van der Waals surface area contributed by atoms with Crippen molar-refractivity contribution < 1.29 is 37.6 Å². The third kappa shape index (κ3) is 44.7. The van der Waals surface area contributed by atoms with Gasteiger partial charge in [0, 0.05) is 19.4 Å². The van der Waals surface area contributed by atoms with Crippen LogP contribution in [0.4, 0.5) is 0 Å². The van der Waals surface area contributed by atoms with Gasteiger partial charge in [-0.3, -0.25) is 18.6 Å². The van der Waals surface area contributed by atoms with Crippen LogP contribution >= 0.6 is 7.82 Å². The molecule has 0 aromatic heterocycles. The van der Waals surface area contributed by atoms with Crippen LogP contribution in [0.5, 0.6) is 0 Å². The van der Waals surface area contributed by atoms with E-state index in [1.54, 1.807) is 0 Å². The molecule has 2 atom stereocenters. The topological polar surface area (TPSA) is 134 Å². The number of phosphoric ester groups is 1. The number of hydrogen-bond acceptors (Lipinski definition) is 8. The monoisotopic (exact) mass is 860 g/mol. The minimum absolute atomic E-state index is 0.0408. The van der Waals surface area contributed by atoms with E-state index in [1.165, 1.54) is 83.5 Å². The molecule has 0 aliphatic heterocycles. The fraction of sp³-hybridized carbons (Fsp3) is 0.680. The Morgan fingerprint density at radius 3 is 1.35 bits per heavy atom. The van der Waals surface area contributed by atoms with Crippen LogP contribution in [0.15, 0.2) is 85.1 Å². The van der Waals surface area contributed by atoms with Gasteiger partial charge in [-0.05, 0) is 64.2 Å². The minimum atomic E-state index is -4.40. The van der Waals surface area contributed by atoms with Crippen molar-refractivity contribution in [2.45, 2.75) is 193 Å². The first-order valence-electron chi connectivity index (χ1n) is 23.6. The Kier molecular flexibility index (Phi) is 43.6. The van der Waals surface area contributed by atoms with E-state index < -0.39 is 32.5 Å². The van der Waals surface area contributed by atoms with Crippen LogP contribution in [-0.4, -0.2) is 49.3 Å². The van der Waals surface area contributed by atoms with Crippen LogP contribution in [0.2, 0.25) is 0 Å². The number of esters is 2. The highest BCUT2D eigenvalue weighted by atomic mass is 31.2. The van der Waals surface area contributed by atoms with Crippen molar-refractivity contribution in [1.29, 1.82) is 0 Å². The number of allylic oxidation sites excluding steroid dienone is 14. The highest BCUT2D eigenvalue weighted by Gasteiger charge is 2.26. The van der Waals surface area contributed by atoms with Gasteiger partial charge in [-0.25, -0.2) is 4.57 Å². The van der Waals surface area contributed by atoms with Crippen LogP contribution in [0.25, 0.3) is 0 Å². The highest BCUT2D eigenvalue weighted by Crippen LogP contribution is 2.43. The van der Waals surface area contributed by atoms with Crippen molar-refractivity contribution in [2.75, 3.05) is 26.4 Å². The largest absolute Gasteiger partial charge is 0.472 e. The number of phosphoric acid groups is 1. The summed E-state index contributed by atoms with van der Waals surface area (Å²) < 4.78 is 32.8. The summed E-state index contributed by atoms with van der Waals surface area (Å²) in [6.07, 6.45) is 57.6. The van der Waals surface area contributed by atoms with Gasteiger partial charge in [0.25, 0.3) is 0 Å². The number of hydrogen-bond donors (Lipinski definition) is 2. The van der Waals surface area contributed by atoms with Gasteiger partial charge >= 0.3 is 19.8 Å². The molecule has 0 heterocycles. The number of carbonyl (C=O) groups is 2. The summed E-state index contributed by atoms with van der Waals surface area (Å²) in [5.41, 5.74) is 5.35. The fourth-order valence-electron chi connectivity index (χ4n) is 6.09. The summed E-state index contributed by atoms with van der Waals surface area (Å²) in [7, 11) is -4.40. The van der Waals surface area contributed by atoms with Gasteiger partial charge in [0.05, 0.1) is 13.2 Å². The fourth-order valence-corrected chi connectivity index (χ4v) is 6.86. The summed E-state index contributed by atoms with van der Waals surface area (Å²) in [5, 5.41) is 0. The van der Waals surface area contributed by atoms with E-state index in [-0.39, 0.29) is 32.6 Å². The number of carbonyl (C=O) groups excluding carboxylic acids is 2. The quantitative estimate of drug-likeness (QED) is 0.0266. The van der Waals surface area contributed by atoms with E-state index in [0.717, 1.165) is 64.2 Å². The second-order valence-corrected chi connectivity index (χ2v) is 16.7. The molecule has 10 heteroatoms. The zero-order valence-electron chi connectivity index (χ0n) is 37.9. The molecule has 0 aliphatic carbocycles. The molecule has 0 spiro atoms. The molecule has 3 N–H and O–H groups in total. The van der Waals surface area contributed by atoms with Crippen molar-refractivity contribution in [2.24, 2.45) is 5.73 Å². The molecule has 9 nitrogen and oxygen atoms in total. The summed E-state index contributed by atoms with van der Waals surface area (Å²) >= 11 is 0. The van der Waals surface area contributed by atoms with Crippen LogP contribution in [-0.2, 0) is 32.7 Å². The molecule has 60 heavy (non-hydrogen) atoms. The molecule has 344 valence electrons. The van der Waals surface area contributed by atoms with Crippen molar-refractivity contribution in [1.82, 2.24) is 0 Å². The summed E-state index contributed by atoms with van der Waals surface area (Å²) in [6.45, 7) is 3.55. The second kappa shape index (κ2) is 45.7. The first kappa shape index (κ1) is 57.2. The lowest BCUT2D eigenvalue weighted by atomic mass is 10.0. The van der Waals surface area contributed by atoms with Gasteiger partial charge in [-0.2, -0.15) is 0 Å². The maximum atomic E-state index is 12.6. The molecule has 0 rings (SSSR count). The SMILES string of the molecule is CC/C=C\C/C=C\C/C=C\C/C=C\C/C=C\C/C=C\C/C=C\CCCC(=O)OC(COC(=O)CCCCCCCCCCCCCCCCCC)COP(=O)(O)OCCN. The van der Waals surface area contributed by atoms with Gasteiger partial charge < -0.3 is 20.1 Å². The summed E-state index contributed by atoms with van der Waals surface area (Å²) in [6, 6.07) is 0. The first-order chi connectivity index (χ1) is 29.3. The van der Waals surface area contributed by atoms with Crippen molar-refractivity contribution >= 4 is 19.8 Å². The zero-order chi connectivity index (χ0) is 43.9. The molecule has 0 aliphatic rings. The molecule has 0 saturated carbocycles. The van der Waals surface area contributed by atoms with Crippen LogP contribution in [0.1, 0.15) is 187 Å². The Bertz CT molecular complexity index is 1250. The number of unbranched alkanes of at least 4 members (excludes halogenated alkanes) is 16. The average molecular weight is 860 g/mol. The van der Waals surface area contributed by atoms with Gasteiger partial charge in [0.1, 0.15) is 6.61 Å². The number of nitrogens with two attached hydrogens (primary N) is 1. The van der Waals surface area contributed by atoms with Gasteiger partial charge in [-0.15, -0.1) is 0 Å². The van der Waals surface area contributed by atoms with E-state index in [1.807, 2.05) is 6.08 Å².